The van der Waals surface area contributed by atoms with Crippen LogP contribution < -0.4 is 4.74 Å². The second kappa shape index (κ2) is 10.6. The quantitative estimate of drug-likeness (QED) is 0.419. The van der Waals surface area contributed by atoms with Crippen molar-refractivity contribution < 1.29 is 22.3 Å². The Bertz CT molecular complexity index is 1110. The summed E-state index contributed by atoms with van der Waals surface area (Å²) < 4.78 is 53.4. The van der Waals surface area contributed by atoms with Gasteiger partial charge >= 0.3 is 0 Å². The summed E-state index contributed by atoms with van der Waals surface area (Å²) in [5.41, 5.74) is 2.03. The minimum absolute atomic E-state index is 0.0568. The van der Waals surface area contributed by atoms with Crippen molar-refractivity contribution in [1.82, 2.24) is 4.31 Å². The van der Waals surface area contributed by atoms with Crippen LogP contribution >= 0.6 is 11.3 Å². The molecule has 1 saturated heterocycles. The van der Waals surface area contributed by atoms with Crippen LogP contribution in [0.3, 0.4) is 0 Å². The van der Waals surface area contributed by atoms with Crippen molar-refractivity contribution in [3.63, 3.8) is 0 Å². The predicted octanol–water partition coefficient (Wildman–Crippen LogP) is 4.88. The Morgan fingerprint density at radius 3 is 2.75 bits per heavy atom. The van der Waals surface area contributed by atoms with Gasteiger partial charge < -0.3 is 9.47 Å². The lowest BCUT2D eigenvalue weighted by molar-refractivity contribution is 0.0926. The lowest BCUT2D eigenvalue weighted by Gasteiger charge is -2.25. The van der Waals surface area contributed by atoms with Crippen molar-refractivity contribution in [2.24, 2.45) is 0 Å². The third-order valence-corrected chi connectivity index (χ3v) is 7.90. The normalized spacial score (nSPS) is 16.5. The number of hydrogen-bond donors (Lipinski definition) is 0. The summed E-state index contributed by atoms with van der Waals surface area (Å²) in [5.74, 6) is 0.113. The van der Waals surface area contributed by atoms with Crippen LogP contribution in [0.15, 0.2) is 70.3 Å². The molecule has 0 radical (unpaired) electrons. The fraction of sp³-hybridized carbons (Fsp3) is 0.333. The molecule has 0 aliphatic carbocycles. The van der Waals surface area contributed by atoms with E-state index in [1.165, 1.54) is 28.1 Å². The summed E-state index contributed by atoms with van der Waals surface area (Å²) in [5, 5.41) is 4.14. The van der Waals surface area contributed by atoms with E-state index in [0.717, 1.165) is 30.9 Å². The SMILES string of the molecule is O=S(=O)(c1cccc(F)c1)N(Cc1cccc(OCCc2ccsc2)c1)C[C@@H]1CCCO1. The van der Waals surface area contributed by atoms with Crippen LogP contribution in [-0.2, 0) is 27.7 Å². The van der Waals surface area contributed by atoms with E-state index < -0.39 is 15.8 Å². The van der Waals surface area contributed by atoms with Crippen LogP contribution in [0.1, 0.15) is 24.0 Å². The molecule has 1 fully saturated rings. The minimum Gasteiger partial charge on any atom is -0.493 e. The van der Waals surface area contributed by atoms with Crippen molar-refractivity contribution in [3.8, 4) is 5.75 Å². The molecule has 32 heavy (non-hydrogen) atoms. The first-order chi connectivity index (χ1) is 15.5. The Morgan fingerprint density at radius 2 is 2.00 bits per heavy atom. The zero-order chi connectivity index (χ0) is 22.4. The lowest BCUT2D eigenvalue weighted by Crippen LogP contribution is -2.37. The number of rotatable bonds is 10. The van der Waals surface area contributed by atoms with Crippen LogP contribution in [0, 0.1) is 5.82 Å². The van der Waals surface area contributed by atoms with Crippen LogP contribution in [0.2, 0.25) is 0 Å². The zero-order valence-corrected chi connectivity index (χ0v) is 19.3. The molecule has 8 heteroatoms. The fourth-order valence-corrected chi connectivity index (χ4v) is 5.89. The number of sulfonamides is 1. The second-order valence-electron chi connectivity index (χ2n) is 7.77. The second-order valence-corrected chi connectivity index (χ2v) is 10.5. The predicted molar refractivity (Wildman–Crippen MR) is 123 cm³/mol. The third-order valence-electron chi connectivity index (χ3n) is 5.36. The van der Waals surface area contributed by atoms with Gasteiger partial charge in [-0.3, -0.25) is 0 Å². The van der Waals surface area contributed by atoms with Gasteiger partial charge in [-0.25, -0.2) is 12.8 Å². The number of hydrogen-bond acceptors (Lipinski definition) is 5. The zero-order valence-electron chi connectivity index (χ0n) is 17.7. The van der Waals surface area contributed by atoms with Crippen LogP contribution in [0.5, 0.6) is 5.75 Å². The summed E-state index contributed by atoms with van der Waals surface area (Å²) in [7, 11) is -3.89. The maximum atomic E-state index is 13.7. The molecule has 0 N–H and O–H groups in total. The monoisotopic (exact) mass is 475 g/mol. The van der Waals surface area contributed by atoms with Gasteiger partial charge in [-0.2, -0.15) is 15.6 Å². The number of nitrogens with zero attached hydrogens (tertiary/aromatic N) is 1. The molecule has 1 atom stereocenters. The van der Waals surface area contributed by atoms with Crippen molar-refractivity contribution in [2.45, 2.75) is 36.8 Å². The number of thiophene rings is 1. The van der Waals surface area contributed by atoms with Crippen molar-refractivity contribution >= 4 is 21.4 Å². The van der Waals surface area contributed by atoms with Gasteiger partial charge in [0.2, 0.25) is 10.0 Å². The average molecular weight is 476 g/mol. The van der Waals surface area contributed by atoms with Gasteiger partial charge in [0.25, 0.3) is 0 Å². The molecular weight excluding hydrogens is 449 g/mol. The molecule has 1 aliphatic heterocycles. The highest BCUT2D eigenvalue weighted by atomic mass is 32.2. The third kappa shape index (κ3) is 5.95. The van der Waals surface area contributed by atoms with Crippen LogP contribution in [0.4, 0.5) is 4.39 Å². The minimum atomic E-state index is -3.89. The molecule has 1 aromatic heterocycles. The maximum Gasteiger partial charge on any atom is 0.243 e. The van der Waals surface area contributed by atoms with Crippen LogP contribution in [0.25, 0.3) is 0 Å². The molecule has 2 heterocycles. The largest absolute Gasteiger partial charge is 0.493 e. The maximum absolute atomic E-state index is 13.7. The van der Waals surface area contributed by atoms with Crippen molar-refractivity contribution in [2.75, 3.05) is 19.8 Å². The van der Waals surface area contributed by atoms with E-state index in [1.54, 1.807) is 11.3 Å². The van der Waals surface area contributed by atoms with E-state index in [4.69, 9.17) is 9.47 Å². The highest BCUT2D eigenvalue weighted by Crippen LogP contribution is 2.24. The van der Waals surface area contributed by atoms with E-state index in [9.17, 15) is 12.8 Å². The van der Waals surface area contributed by atoms with Gasteiger partial charge in [0.05, 0.1) is 17.6 Å². The van der Waals surface area contributed by atoms with E-state index in [2.05, 4.69) is 11.4 Å². The standard InChI is InChI=1S/C24H26FNO4S2/c25-21-5-2-8-24(15-21)32(27,28)26(17-23-7-3-11-29-23)16-20-4-1-6-22(14-20)30-12-9-19-10-13-31-18-19/h1-2,4-6,8,10,13-15,18,23H,3,7,9,11-12,16-17H2/t23-/m0/s1. The molecule has 0 amide bonds. The molecule has 3 aromatic rings. The smallest absolute Gasteiger partial charge is 0.243 e. The first kappa shape index (κ1) is 22.9. The summed E-state index contributed by atoms with van der Waals surface area (Å²) in [6, 6.07) is 14.6. The average Bonchev–Trinajstić information content (AvgIpc) is 3.48. The molecule has 170 valence electrons. The van der Waals surface area contributed by atoms with E-state index in [-0.39, 0.29) is 24.1 Å². The van der Waals surface area contributed by atoms with Crippen molar-refractivity contribution in [3.05, 3.63) is 82.3 Å². The van der Waals surface area contributed by atoms with E-state index in [1.807, 2.05) is 29.6 Å². The molecule has 0 bridgehead atoms. The summed E-state index contributed by atoms with van der Waals surface area (Å²) in [4.78, 5) is -0.0568. The van der Waals surface area contributed by atoms with Gasteiger partial charge in [-0.15, -0.1) is 0 Å². The summed E-state index contributed by atoms with van der Waals surface area (Å²) in [6.07, 6.45) is 2.36. The highest BCUT2D eigenvalue weighted by molar-refractivity contribution is 7.89. The summed E-state index contributed by atoms with van der Waals surface area (Å²) >= 11 is 1.66. The Kier molecular flexibility index (Phi) is 7.57. The van der Waals surface area contributed by atoms with E-state index in [0.29, 0.717) is 19.0 Å². The highest BCUT2D eigenvalue weighted by Gasteiger charge is 2.29. The first-order valence-electron chi connectivity index (χ1n) is 10.6. The molecule has 1 aliphatic rings. The fourth-order valence-electron chi connectivity index (χ4n) is 3.70. The Labute approximate surface area is 192 Å². The summed E-state index contributed by atoms with van der Waals surface area (Å²) in [6.45, 7) is 1.55. The topological polar surface area (TPSA) is 55.8 Å². The molecule has 0 spiro atoms. The number of benzene rings is 2. The Morgan fingerprint density at radius 1 is 1.12 bits per heavy atom. The Balaban J connectivity index is 1.50. The molecule has 0 saturated carbocycles. The Hall–Kier alpha value is -2.26. The molecule has 4 rings (SSSR count). The number of halogens is 1. The van der Waals surface area contributed by atoms with Crippen molar-refractivity contribution in [1.29, 1.82) is 0 Å². The van der Waals surface area contributed by atoms with Gasteiger partial charge in [0, 0.05) is 26.1 Å². The molecule has 5 nitrogen and oxygen atoms in total. The van der Waals surface area contributed by atoms with Gasteiger partial charge in [-0.1, -0.05) is 18.2 Å². The molecule has 0 unspecified atom stereocenters. The molecule has 2 aromatic carbocycles. The molecular formula is C24H26FNO4S2. The first-order valence-corrected chi connectivity index (χ1v) is 13.0. The number of ether oxygens (including phenoxy) is 2. The lowest BCUT2D eigenvalue weighted by atomic mass is 10.2. The van der Waals surface area contributed by atoms with Gasteiger partial charge in [0.1, 0.15) is 11.6 Å². The van der Waals surface area contributed by atoms with Crippen LogP contribution in [-0.4, -0.2) is 38.6 Å². The van der Waals surface area contributed by atoms with E-state index >= 15 is 0 Å². The van der Waals surface area contributed by atoms with Gasteiger partial charge in [0.15, 0.2) is 0 Å². The van der Waals surface area contributed by atoms with Gasteiger partial charge in [-0.05, 0) is 71.1 Å².